The summed E-state index contributed by atoms with van der Waals surface area (Å²) in [7, 11) is 0. The Morgan fingerprint density at radius 1 is 1.19 bits per heavy atom. The fraction of sp³-hybridized carbons (Fsp3) is 0.400. The van der Waals surface area contributed by atoms with Gasteiger partial charge in [-0.15, -0.1) is 24.0 Å². The van der Waals surface area contributed by atoms with Gasteiger partial charge in [0.15, 0.2) is 5.96 Å². The van der Waals surface area contributed by atoms with Gasteiger partial charge in [-0.2, -0.15) is 0 Å². The lowest BCUT2D eigenvalue weighted by Gasteiger charge is -2.12. The summed E-state index contributed by atoms with van der Waals surface area (Å²) >= 11 is 0. The molecule has 2 rings (SSSR count). The van der Waals surface area contributed by atoms with Gasteiger partial charge in [-0.05, 0) is 50.5 Å². The molecule has 2 N–H and O–H groups in total. The average molecular weight is 486 g/mol. The van der Waals surface area contributed by atoms with Crippen molar-refractivity contribution in [1.82, 2.24) is 15.6 Å². The highest BCUT2D eigenvalue weighted by molar-refractivity contribution is 14.0. The highest BCUT2D eigenvalue weighted by Gasteiger charge is 2.02. The van der Waals surface area contributed by atoms with Crippen LogP contribution in [0.5, 0.6) is 5.88 Å². The Kier molecular flexibility index (Phi) is 10.7. The molecule has 0 spiro atoms. The summed E-state index contributed by atoms with van der Waals surface area (Å²) < 4.78 is 18.7. The number of rotatable bonds is 8. The summed E-state index contributed by atoms with van der Waals surface area (Å²) in [5.74, 6) is 1.14. The summed E-state index contributed by atoms with van der Waals surface area (Å²) in [6.07, 6.45) is 2.61. The van der Waals surface area contributed by atoms with Gasteiger partial charge in [-0.3, -0.25) is 0 Å². The van der Waals surface area contributed by atoms with Gasteiger partial charge in [-0.25, -0.2) is 14.4 Å². The average Bonchev–Trinajstić information content (AvgIpc) is 2.60. The smallest absolute Gasteiger partial charge is 0.213 e. The van der Waals surface area contributed by atoms with Gasteiger partial charge in [0.1, 0.15) is 5.82 Å². The molecule has 0 fully saturated rings. The molecule has 1 aromatic heterocycles. The van der Waals surface area contributed by atoms with Crippen molar-refractivity contribution in [2.45, 2.75) is 39.8 Å². The molecule has 1 aromatic carbocycles. The number of benzene rings is 1. The van der Waals surface area contributed by atoms with Crippen LogP contribution in [0.3, 0.4) is 0 Å². The molecule has 148 valence electrons. The van der Waals surface area contributed by atoms with Gasteiger partial charge in [0.25, 0.3) is 0 Å². The summed E-state index contributed by atoms with van der Waals surface area (Å²) in [6, 6.07) is 10.5. The quantitative estimate of drug-likeness (QED) is 0.338. The van der Waals surface area contributed by atoms with Crippen LogP contribution in [0.4, 0.5) is 4.39 Å². The fourth-order valence-electron chi connectivity index (χ4n) is 2.35. The third-order valence-electron chi connectivity index (χ3n) is 3.51. The van der Waals surface area contributed by atoms with Crippen LogP contribution in [0.15, 0.2) is 47.6 Å². The number of nitrogens with one attached hydrogen (secondary N) is 2. The van der Waals surface area contributed by atoms with Crippen LogP contribution in [0, 0.1) is 5.82 Å². The molecule has 0 saturated carbocycles. The molecule has 5 nitrogen and oxygen atoms in total. The van der Waals surface area contributed by atoms with E-state index in [9.17, 15) is 4.39 Å². The zero-order chi connectivity index (χ0) is 18.8. The maximum atomic E-state index is 13.2. The van der Waals surface area contributed by atoms with E-state index in [0.29, 0.717) is 19.0 Å². The monoisotopic (exact) mass is 486 g/mol. The number of pyridine rings is 1. The molecule has 0 saturated heterocycles. The van der Waals surface area contributed by atoms with Crippen LogP contribution < -0.4 is 15.4 Å². The molecule has 0 bridgehead atoms. The number of nitrogens with zero attached hydrogens (tertiary/aromatic N) is 2. The Labute approximate surface area is 177 Å². The van der Waals surface area contributed by atoms with Crippen molar-refractivity contribution in [3.63, 3.8) is 0 Å². The van der Waals surface area contributed by atoms with Gasteiger partial charge in [0.05, 0.1) is 12.6 Å². The Balaban J connectivity index is 0.00000364. The predicted octanol–water partition coefficient (Wildman–Crippen LogP) is 3.92. The number of ether oxygens (including phenoxy) is 1. The van der Waals surface area contributed by atoms with Crippen molar-refractivity contribution < 1.29 is 9.13 Å². The lowest BCUT2D eigenvalue weighted by molar-refractivity contribution is 0.232. The molecule has 1 heterocycles. The zero-order valence-electron chi connectivity index (χ0n) is 16.0. The third kappa shape index (κ3) is 9.03. The second-order valence-corrected chi connectivity index (χ2v) is 6.17. The maximum absolute atomic E-state index is 13.2. The Hall–Kier alpha value is -1.90. The first kappa shape index (κ1) is 23.1. The minimum Gasteiger partial charge on any atom is -0.475 e. The summed E-state index contributed by atoms with van der Waals surface area (Å²) in [6.45, 7) is 7.92. The van der Waals surface area contributed by atoms with Crippen LogP contribution in [0.25, 0.3) is 0 Å². The normalized spacial score (nSPS) is 11.1. The number of hydrogen-bond acceptors (Lipinski definition) is 3. The van der Waals surface area contributed by atoms with Gasteiger partial charge >= 0.3 is 0 Å². The van der Waals surface area contributed by atoms with Gasteiger partial charge in [0, 0.05) is 25.4 Å². The molecule has 27 heavy (non-hydrogen) atoms. The highest BCUT2D eigenvalue weighted by Crippen LogP contribution is 2.10. The predicted molar refractivity (Wildman–Crippen MR) is 118 cm³/mol. The van der Waals surface area contributed by atoms with E-state index in [-0.39, 0.29) is 35.9 Å². The number of aromatic nitrogens is 1. The van der Waals surface area contributed by atoms with E-state index in [4.69, 9.17) is 4.74 Å². The first-order valence-electron chi connectivity index (χ1n) is 8.95. The van der Waals surface area contributed by atoms with E-state index in [2.05, 4.69) is 20.6 Å². The van der Waals surface area contributed by atoms with Crippen molar-refractivity contribution in [2.75, 3.05) is 13.1 Å². The Morgan fingerprint density at radius 2 is 2.00 bits per heavy atom. The van der Waals surface area contributed by atoms with Crippen LogP contribution in [-0.4, -0.2) is 30.1 Å². The molecule has 0 radical (unpaired) electrons. The van der Waals surface area contributed by atoms with E-state index < -0.39 is 0 Å². The highest BCUT2D eigenvalue weighted by atomic mass is 127. The second-order valence-electron chi connectivity index (χ2n) is 6.17. The maximum Gasteiger partial charge on any atom is 0.213 e. The van der Waals surface area contributed by atoms with Crippen molar-refractivity contribution in [3.8, 4) is 5.88 Å². The minimum atomic E-state index is -0.208. The molecule has 0 aliphatic carbocycles. The molecule has 0 amide bonds. The molecular formula is C20H28FIN4O. The van der Waals surface area contributed by atoms with E-state index in [1.165, 1.54) is 6.07 Å². The topological polar surface area (TPSA) is 58.5 Å². The summed E-state index contributed by atoms with van der Waals surface area (Å²) in [4.78, 5) is 8.85. The van der Waals surface area contributed by atoms with E-state index >= 15 is 0 Å². The third-order valence-corrected chi connectivity index (χ3v) is 3.51. The number of halogens is 2. The molecule has 0 unspecified atom stereocenters. The van der Waals surface area contributed by atoms with Crippen molar-refractivity contribution in [2.24, 2.45) is 4.99 Å². The summed E-state index contributed by atoms with van der Waals surface area (Å²) in [5, 5.41) is 6.48. The molecule has 0 atom stereocenters. The SMILES string of the molecule is CCNC(=NCc1ccc(OC(C)C)nc1)NCCc1cccc(F)c1.I. The second kappa shape index (κ2) is 12.5. The van der Waals surface area contributed by atoms with Crippen molar-refractivity contribution >= 4 is 29.9 Å². The summed E-state index contributed by atoms with van der Waals surface area (Å²) in [5.41, 5.74) is 1.96. The van der Waals surface area contributed by atoms with E-state index in [0.717, 1.165) is 30.1 Å². The van der Waals surface area contributed by atoms with Crippen LogP contribution in [-0.2, 0) is 13.0 Å². The number of hydrogen-bond donors (Lipinski definition) is 2. The van der Waals surface area contributed by atoms with Gasteiger partial charge < -0.3 is 15.4 Å². The van der Waals surface area contributed by atoms with Crippen molar-refractivity contribution in [3.05, 3.63) is 59.5 Å². The Bertz CT molecular complexity index is 707. The van der Waals surface area contributed by atoms with E-state index in [1.807, 2.05) is 39.0 Å². The first-order chi connectivity index (χ1) is 12.6. The Morgan fingerprint density at radius 3 is 2.63 bits per heavy atom. The number of aliphatic imine (C=N–C) groups is 1. The van der Waals surface area contributed by atoms with Gasteiger partial charge in [-0.1, -0.05) is 18.2 Å². The largest absolute Gasteiger partial charge is 0.475 e. The molecule has 2 aromatic rings. The lowest BCUT2D eigenvalue weighted by Crippen LogP contribution is -2.38. The zero-order valence-corrected chi connectivity index (χ0v) is 18.4. The minimum absolute atomic E-state index is 0. The lowest BCUT2D eigenvalue weighted by atomic mass is 10.1. The molecule has 7 heteroatoms. The first-order valence-corrected chi connectivity index (χ1v) is 8.95. The molecular weight excluding hydrogens is 458 g/mol. The van der Waals surface area contributed by atoms with E-state index in [1.54, 1.807) is 18.3 Å². The van der Waals surface area contributed by atoms with Crippen LogP contribution in [0.1, 0.15) is 31.9 Å². The molecule has 0 aliphatic rings. The van der Waals surface area contributed by atoms with Crippen LogP contribution >= 0.6 is 24.0 Å². The fourth-order valence-corrected chi connectivity index (χ4v) is 2.35. The van der Waals surface area contributed by atoms with Crippen LogP contribution in [0.2, 0.25) is 0 Å². The standard InChI is InChI=1S/C20H27FN4O.HI/c1-4-22-20(23-11-10-16-6-5-7-18(21)12-16)25-14-17-8-9-19(24-13-17)26-15(2)3;/h5-9,12-13,15H,4,10-11,14H2,1-3H3,(H2,22,23,25);1H. The molecule has 0 aliphatic heterocycles. The van der Waals surface area contributed by atoms with Gasteiger partial charge in [0.2, 0.25) is 5.88 Å². The van der Waals surface area contributed by atoms with Crippen molar-refractivity contribution in [1.29, 1.82) is 0 Å². The number of guanidine groups is 1.